The zero-order valence-electron chi connectivity index (χ0n) is 8.72. The van der Waals surface area contributed by atoms with Crippen molar-refractivity contribution >= 4 is 5.78 Å². The van der Waals surface area contributed by atoms with Gasteiger partial charge in [-0.2, -0.15) is 0 Å². The highest BCUT2D eigenvalue weighted by molar-refractivity contribution is 5.92. The van der Waals surface area contributed by atoms with E-state index < -0.39 is 0 Å². The molecule has 0 N–H and O–H groups in total. The fourth-order valence-corrected chi connectivity index (χ4v) is 2.31. The second-order valence-corrected chi connectivity index (χ2v) is 4.38. The molecule has 0 fully saturated rings. The normalized spacial score (nSPS) is 22.1. The molecule has 0 aliphatic heterocycles. The van der Waals surface area contributed by atoms with Crippen LogP contribution >= 0.6 is 0 Å². The van der Waals surface area contributed by atoms with Crippen molar-refractivity contribution in [1.82, 2.24) is 0 Å². The molecule has 0 aromatic carbocycles. The Hall–Kier alpha value is -0.850. The fourth-order valence-electron chi connectivity index (χ4n) is 2.31. The van der Waals surface area contributed by atoms with E-state index >= 15 is 0 Å². The maximum absolute atomic E-state index is 11.0. The van der Waals surface area contributed by atoms with Crippen molar-refractivity contribution < 1.29 is 4.79 Å². The van der Waals surface area contributed by atoms with Crippen LogP contribution in [-0.2, 0) is 4.79 Å². The standard InChI is InChI=1S/C13H18O/c14-13-9-8-12(10-13)7-6-11-4-2-1-3-5-11/h4,10H,1-3,5-9H2. The summed E-state index contributed by atoms with van der Waals surface area (Å²) in [6, 6.07) is 0. The van der Waals surface area contributed by atoms with E-state index in [1.165, 1.54) is 37.7 Å². The van der Waals surface area contributed by atoms with Crippen molar-refractivity contribution in [3.63, 3.8) is 0 Å². The number of allylic oxidation sites excluding steroid dienone is 4. The van der Waals surface area contributed by atoms with Crippen molar-refractivity contribution in [2.75, 3.05) is 0 Å². The van der Waals surface area contributed by atoms with Crippen molar-refractivity contribution in [2.24, 2.45) is 0 Å². The molecule has 0 atom stereocenters. The molecule has 0 radical (unpaired) electrons. The molecule has 0 aromatic heterocycles. The molecule has 0 spiro atoms. The van der Waals surface area contributed by atoms with Gasteiger partial charge in [0.25, 0.3) is 0 Å². The van der Waals surface area contributed by atoms with E-state index in [1.807, 2.05) is 6.08 Å². The van der Waals surface area contributed by atoms with E-state index in [9.17, 15) is 4.79 Å². The van der Waals surface area contributed by atoms with Crippen LogP contribution in [0.5, 0.6) is 0 Å². The van der Waals surface area contributed by atoms with E-state index in [1.54, 1.807) is 5.57 Å². The Morgan fingerprint density at radius 2 is 1.86 bits per heavy atom. The molecular weight excluding hydrogens is 172 g/mol. The third kappa shape index (κ3) is 2.57. The highest BCUT2D eigenvalue weighted by Crippen LogP contribution is 2.26. The van der Waals surface area contributed by atoms with Crippen molar-refractivity contribution in [3.8, 4) is 0 Å². The van der Waals surface area contributed by atoms with E-state index in [-0.39, 0.29) is 0 Å². The molecule has 0 bridgehead atoms. The van der Waals surface area contributed by atoms with Gasteiger partial charge >= 0.3 is 0 Å². The number of hydrogen-bond donors (Lipinski definition) is 0. The first-order valence-corrected chi connectivity index (χ1v) is 5.75. The van der Waals surface area contributed by atoms with Crippen molar-refractivity contribution in [2.45, 2.75) is 51.4 Å². The molecule has 1 nitrogen and oxygen atoms in total. The third-order valence-electron chi connectivity index (χ3n) is 3.21. The Kier molecular flexibility index (Phi) is 3.18. The Bertz CT molecular complexity index is 284. The Balaban J connectivity index is 1.79. The fraction of sp³-hybridized carbons (Fsp3) is 0.615. The topological polar surface area (TPSA) is 17.1 Å². The first-order chi connectivity index (χ1) is 6.84. The minimum atomic E-state index is 0.331. The van der Waals surface area contributed by atoms with Crippen LogP contribution in [0.4, 0.5) is 0 Å². The predicted molar refractivity (Wildman–Crippen MR) is 58.1 cm³/mol. The van der Waals surface area contributed by atoms with E-state index in [2.05, 4.69) is 6.08 Å². The monoisotopic (exact) mass is 190 g/mol. The van der Waals surface area contributed by atoms with Crippen LogP contribution in [0.25, 0.3) is 0 Å². The van der Waals surface area contributed by atoms with Crippen LogP contribution in [0.1, 0.15) is 51.4 Å². The summed E-state index contributed by atoms with van der Waals surface area (Å²) in [7, 11) is 0. The van der Waals surface area contributed by atoms with Crippen LogP contribution in [-0.4, -0.2) is 5.78 Å². The van der Waals surface area contributed by atoms with Crippen LogP contribution in [0.3, 0.4) is 0 Å². The van der Waals surface area contributed by atoms with Crippen molar-refractivity contribution in [1.29, 1.82) is 0 Å². The van der Waals surface area contributed by atoms with Crippen LogP contribution in [0.15, 0.2) is 23.3 Å². The molecule has 0 aromatic rings. The molecule has 0 unspecified atom stereocenters. The van der Waals surface area contributed by atoms with Gasteiger partial charge in [0.1, 0.15) is 0 Å². The Morgan fingerprint density at radius 1 is 1.00 bits per heavy atom. The molecule has 0 saturated heterocycles. The number of rotatable bonds is 3. The first kappa shape index (κ1) is 9.70. The lowest BCUT2D eigenvalue weighted by Gasteiger charge is -2.12. The minimum Gasteiger partial charge on any atom is -0.295 e. The second-order valence-electron chi connectivity index (χ2n) is 4.38. The highest BCUT2D eigenvalue weighted by Gasteiger charge is 2.12. The number of carbonyl (C=O) groups is 1. The van der Waals surface area contributed by atoms with Gasteiger partial charge < -0.3 is 0 Å². The Labute approximate surface area is 85.9 Å². The van der Waals surface area contributed by atoms with E-state index in [0.29, 0.717) is 5.78 Å². The summed E-state index contributed by atoms with van der Waals surface area (Å²) in [6.07, 6.45) is 13.7. The molecule has 2 aliphatic rings. The second kappa shape index (κ2) is 4.59. The number of hydrogen-bond acceptors (Lipinski definition) is 1. The largest absolute Gasteiger partial charge is 0.295 e. The first-order valence-electron chi connectivity index (χ1n) is 5.75. The van der Waals surface area contributed by atoms with E-state index in [0.717, 1.165) is 19.3 Å². The van der Waals surface area contributed by atoms with Gasteiger partial charge in [-0.05, 0) is 51.0 Å². The molecule has 2 aliphatic carbocycles. The average molecular weight is 190 g/mol. The third-order valence-corrected chi connectivity index (χ3v) is 3.21. The minimum absolute atomic E-state index is 0.331. The summed E-state index contributed by atoms with van der Waals surface area (Å²) in [5, 5.41) is 0. The maximum atomic E-state index is 11.0. The van der Waals surface area contributed by atoms with Gasteiger partial charge in [0.15, 0.2) is 5.78 Å². The molecule has 0 amide bonds. The molecule has 76 valence electrons. The lowest BCUT2D eigenvalue weighted by molar-refractivity contribution is -0.114. The van der Waals surface area contributed by atoms with Crippen LogP contribution in [0, 0.1) is 0 Å². The van der Waals surface area contributed by atoms with Gasteiger partial charge in [0.2, 0.25) is 0 Å². The molecule has 14 heavy (non-hydrogen) atoms. The number of carbonyl (C=O) groups excluding carboxylic acids is 1. The average Bonchev–Trinajstić information content (AvgIpc) is 2.63. The lowest BCUT2D eigenvalue weighted by Crippen LogP contribution is -1.92. The summed E-state index contributed by atoms with van der Waals surface area (Å²) in [5.41, 5.74) is 3.00. The molecule has 0 heterocycles. The van der Waals surface area contributed by atoms with Gasteiger partial charge in [-0.3, -0.25) is 4.79 Å². The number of ketones is 1. The smallest absolute Gasteiger partial charge is 0.155 e. The molecule has 0 saturated carbocycles. The molecule has 2 rings (SSSR count). The lowest BCUT2D eigenvalue weighted by atomic mass is 9.94. The summed E-state index contributed by atoms with van der Waals surface area (Å²) < 4.78 is 0. The summed E-state index contributed by atoms with van der Waals surface area (Å²) >= 11 is 0. The zero-order chi connectivity index (χ0) is 9.80. The van der Waals surface area contributed by atoms with Gasteiger partial charge in [0, 0.05) is 6.42 Å². The zero-order valence-corrected chi connectivity index (χ0v) is 8.72. The van der Waals surface area contributed by atoms with Gasteiger partial charge in [0.05, 0.1) is 0 Å². The molecule has 1 heteroatoms. The summed E-state index contributed by atoms with van der Waals surface area (Å²) in [5.74, 6) is 0.331. The summed E-state index contributed by atoms with van der Waals surface area (Å²) in [4.78, 5) is 11.0. The van der Waals surface area contributed by atoms with Crippen LogP contribution < -0.4 is 0 Å². The quantitative estimate of drug-likeness (QED) is 0.622. The highest BCUT2D eigenvalue weighted by atomic mass is 16.1. The summed E-state index contributed by atoms with van der Waals surface area (Å²) in [6.45, 7) is 0. The van der Waals surface area contributed by atoms with Crippen LogP contribution in [0.2, 0.25) is 0 Å². The van der Waals surface area contributed by atoms with Gasteiger partial charge in [-0.15, -0.1) is 0 Å². The Morgan fingerprint density at radius 3 is 2.50 bits per heavy atom. The maximum Gasteiger partial charge on any atom is 0.155 e. The SMILES string of the molecule is O=C1C=C(CCC2=CCCCC2)CC1. The van der Waals surface area contributed by atoms with Gasteiger partial charge in [-0.1, -0.05) is 17.2 Å². The predicted octanol–water partition coefficient (Wildman–Crippen LogP) is 3.56. The van der Waals surface area contributed by atoms with Crippen molar-refractivity contribution in [3.05, 3.63) is 23.3 Å². The van der Waals surface area contributed by atoms with Gasteiger partial charge in [-0.25, -0.2) is 0 Å². The molecular formula is C13H18O. The van der Waals surface area contributed by atoms with E-state index in [4.69, 9.17) is 0 Å².